The van der Waals surface area contributed by atoms with Crippen LogP contribution in [0.4, 0.5) is 5.69 Å². The van der Waals surface area contributed by atoms with Gasteiger partial charge >= 0.3 is 0 Å². The van der Waals surface area contributed by atoms with Gasteiger partial charge in [0, 0.05) is 24.4 Å². The SMILES string of the molecule is Cc1cnn(CCNCCc2ccccc2[N+](=O)[O-])c1. The number of nitro benzene ring substituents is 1. The Morgan fingerprint density at radius 3 is 2.85 bits per heavy atom. The number of hydrogen-bond acceptors (Lipinski definition) is 4. The van der Waals surface area contributed by atoms with Crippen molar-refractivity contribution in [1.82, 2.24) is 15.1 Å². The summed E-state index contributed by atoms with van der Waals surface area (Å²) in [4.78, 5) is 10.5. The molecule has 0 unspecified atom stereocenters. The van der Waals surface area contributed by atoms with Crippen molar-refractivity contribution in [2.24, 2.45) is 0 Å². The number of hydrogen-bond donors (Lipinski definition) is 1. The van der Waals surface area contributed by atoms with Gasteiger partial charge in [0.1, 0.15) is 0 Å². The molecule has 0 atom stereocenters. The largest absolute Gasteiger partial charge is 0.315 e. The minimum absolute atomic E-state index is 0.192. The summed E-state index contributed by atoms with van der Waals surface area (Å²) in [7, 11) is 0. The fourth-order valence-corrected chi connectivity index (χ4v) is 2.03. The van der Waals surface area contributed by atoms with Crippen molar-refractivity contribution in [2.75, 3.05) is 13.1 Å². The van der Waals surface area contributed by atoms with Crippen LogP contribution in [0.3, 0.4) is 0 Å². The summed E-state index contributed by atoms with van der Waals surface area (Å²) in [5.74, 6) is 0. The van der Waals surface area contributed by atoms with Crippen LogP contribution < -0.4 is 5.32 Å². The van der Waals surface area contributed by atoms with Crippen LogP contribution in [0.2, 0.25) is 0 Å². The van der Waals surface area contributed by atoms with E-state index in [1.54, 1.807) is 18.2 Å². The van der Waals surface area contributed by atoms with Gasteiger partial charge in [-0.3, -0.25) is 14.8 Å². The molecule has 2 aromatic rings. The van der Waals surface area contributed by atoms with Gasteiger partial charge in [0.2, 0.25) is 0 Å². The lowest BCUT2D eigenvalue weighted by atomic mass is 10.1. The zero-order valence-electron chi connectivity index (χ0n) is 11.5. The van der Waals surface area contributed by atoms with Crippen LogP contribution in [0.5, 0.6) is 0 Å². The molecule has 0 fully saturated rings. The normalized spacial score (nSPS) is 10.7. The summed E-state index contributed by atoms with van der Waals surface area (Å²) >= 11 is 0. The number of benzene rings is 1. The van der Waals surface area contributed by atoms with Crippen molar-refractivity contribution in [1.29, 1.82) is 0 Å². The molecule has 6 heteroatoms. The Labute approximate surface area is 117 Å². The molecule has 0 aliphatic heterocycles. The van der Waals surface area contributed by atoms with Gasteiger partial charge in [-0.2, -0.15) is 5.10 Å². The van der Waals surface area contributed by atoms with E-state index in [0.717, 1.165) is 24.2 Å². The molecule has 0 bridgehead atoms. The molecule has 106 valence electrons. The van der Waals surface area contributed by atoms with Gasteiger partial charge in [-0.25, -0.2) is 0 Å². The fourth-order valence-electron chi connectivity index (χ4n) is 2.03. The molecule has 20 heavy (non-hydrogen) atoms. The molecule has 0 spiro atoms. The number of nitrogens with zero attached hydrogens (tertiary/aromatic N) is 3. The van der Waals surface area contributed by atoms with Crippen molar-refractivity contribution >= 4 is 5.69 Å². The number of para-hydroxylation sites is 1. The molecule has 1 N–H and O–H groups in total. The Bertz CT molecular complexity index is 580. The van der Waals surface area contributed by atoms with E-state index in [1.807, 2.05) is 30.1 Å². The second-order valence-electron chi connectivity index (χ2n) is 4.67. The van der Waals surface area contributed by atoms with Crippen LogP contribution in [0, 0.1) is 17.0 Å². The molecule has 6 nitrogen and oxygen atoms in total. The lowest BCUT2D eigenvalue weighted by Crippen LogP contribution is -2.22. The van der Waals surface area contributed by atoms with Crippen molar-refractivity contribution in [3.63, 3.8) is 0 Å². The lowest BCUT2D eigenvalue weighted by Gasteiger charge is -2.05. The van der Waals surface area contributed by atoms with Crippen LogP contribution in [-0.2, 0) is 13.0 Å². The Hall–Kier alpha value is -2.21. The zero-order valence-corrected chi connectivity index (χ0v) is 11.5. The van der Waals surface area contributed by atoms with Gasteiger partial charge in [0.15, 0.2) is 0 Å². The highest BCUT2D eigenvalue weighted by Crippen LogP contribution is 2.17. The van der Waals surface area contributed by atoms with Gasteiger partial charge in [-0.15, -0.1) is 0 Å². The van der Waals surface area contributed by atoms with E-state index in [4.69, 9.17) is 0 Å². The van der Waals surface area contributed by atoms with E-state index in [1.165, 1.54) is 0 Å². The van der Waals surface area contributed by atoms with Gasteiger partial charge in [-0.1, -0.05) is 18.2 Å². The molecule has 1 aromatic carbocycles. The Kier molecular flexibility index (Phi) is 4.84. The highest BCUT2D eigenvalue weighted by Gasteiger charge is 2.11. The minimum atomic E-state index is -0.331. The summed E-state index contributed by atoms with van der Waals surface area (Å²) in [6.07, 6.45) is 4.46. The van der Waals surface area contributed by atoms with Gasteiger partial charge in [-0.05, 0) is 25.5 Å². The van der Waals surface area contributed by atoms with Gasteiger partial charge in [0.25, 0.3) is 5.69 Å². The first kappa shape index (κ1) is 14.2. The molecule has 1 aromatic heterocycles. The highest BCUT2D eigenvalue weighted by atomic mass is 16.6. The third-order valence-corrected chi connectivity index (χ3v) is 3.04. The van der Waals surface area contributed by atoms with Crippen LogP contribution >= 0.6 is 0 Å². The van der Waals surface area contributed by atoms with Gasteiger partial charge in [0.05, 0.1) is 17.7 Å². The van der Waals surface area contributed by atoms with Crippen molar-refractivity contribution in [3.05, 3.63) is 57.9 Å². The van der Waals surface area contributed by atoms with Crippen LogP contribution in [-0.4, -0.2) is 27.8 Å². The average Bonchev–Trinajstić information content (AvgIpc) is 2.84. The van der Waals surface area contributed by atoms with E-state index in [0.29, 0.717) is 13.0 Å². The summed E-state index contributed by atoms with van der Waals surface area (Å²) in [6.45, 7) is 4.31. The van der Waals surface area contributed by atoms with Gasteiger partial charge < -0.3 is 5.32 Å². The first-order valence-corrected chi connectivity index (χ1v) is 6.59. The predicted octanol–water partition coefficient (Wildman–Crippen LogP) is 1.93. The topological polar surface area (TPSA) is 73.0 Å². The smallest absolute Gasteiger partial charge is 0.272 e. The number of nitrogens with one attached hydrogen (secondary N) is 1. The maximum absolute atomic E-state index is 10.9. The number of rotatable bonds is 7. The van der Waals surface area contributed by atoms with E-state index in [9.17, 15) is 10.1 Å². The zero-order chi connectivity index (χ0) is 14.4. The third-order valence-electron chi connectivity index (χ3n) is 3.04. The first-order valence-electron chi connectivity index (χ1n) is 6.59. The van der Waals surface area contributed by atoms with E-state index >= 15 is 0 Å². The third kappa shape index (κ3) is 3.89. The lowest BCUT2D eigenvalue weighted by molar-refractivity contribution is -0.385. The minimum Gasteiger partial charge on any atom is -0.315 e. The molecule has 0 amide bonds. The quantitative estimate of drug-likeness (QED) is 0.475. The average molecular weight is 274 g/mol. The fraction of sp³-hybridized carbons (Fsp3) is 0.357. The molecule has 0 saturated carbocycles. The Balaban J connectivity index is 1.75. The van der Waals surface area contributed by atoms with Crippen LogP contribution in [0.1, 0.15) is 11.1 Å². The van der Waals surface area contributed by atoms with Crippen molar-refractivity contribution < 1.29 is 4.92 Å². The summed E-state index contributed by atoms with van der Waals surface area (Å²) in [5.41, 5.74) is 2.10. The number of aryl methyl sites for hydroxylation is 1. The summed E-state index contributed by atoms with van der Waals surface area (Å²) < 4.78 is 1.88. The molecule has 2 rings (SSSR count). The van der Waals surface area contributed by atoms with Crippen molar-refractivity contribution in [3.8, 4) is 0 Å². The summed E-state index contributed by atoms with van der Waals surface area (Å²) in [6, 6.07) is 6.86. The van der Waals surface area contributed by atoms with Crippen LogP contribution in [0.25, 0.3) is 0 Å². The van der Waals surface area contributed by atoms with Crippen molar-refractivity contribution in [2.45, 2.75) is 19.9 Å². The predicted molar refractivity (Wildman–Crippen MR) is 76.6 cm³/mol. The molecule has 0 saturated heterocycles. The number of aromatic nitrogens is 2. The molecular formula is C14H18N4O2. The molecular weight excluding hydrogens is 256 g/mol. The maximum Gasteiger partial charge on any atom is 0.272 e. The van der Waals surface area contributed by atoms with E-state index in [-0.39, 0.29) is 10.6 Å². The molecule has 1 heterocycles. The van der Waals surface area contributed by atoms with Crippen LogP contribution in [0.15, 0.2) is 36.7 Å². The Morgan fingerprint density at radius 1 is 1.35 bits per heavy atom. The standard InChI is InChI=1S/C14H18N4O2/c1-12-10-16-17(11-12)9-8-15-7-6-13-4-2-3-5-14(13)18(19)20/h2-5,10-11,15H,6-9H2,1H3. The Morgan fingerprint density at radius 2 is 2.15 bits per heavy atom. The first-order chi connectivity index (χ1) is 9.66. The molecule has 0 aliphatic carbocycles. The monoisotopic (exact) mass is 274 g/mol. The molecule has 0 aliphatic rings. The second-order valence-corrected chi connectivity index (χ2v) is 4.67. The summed E-state index contributed by atoms with van der Waals surface area (Å²) in [5, 5.41) is 18.3. The maximum atomic E-state index is 10.9. The van der Waals surface area contributed by atoms with E-state index < -0.39 is 0 Å². The van der Waals surface area contributed by atoms with E-state index in [2.05, 4.69) is 10.4 Å². The number of nitro groups is 1. The highest BCUT2D eigenvalue weighted by molar-refractivity contribution is 5.39. The second kappa shape index (κ2) is 6.81. The molecule has 0 radical (unpaired) electrons.